The summed E-state index contributed by atoms with van der Waals surface area (Å²) in [6.07, 6.45) is 5.65. The highest BCUT2D eigenvalue weighted by Gasteiger charge is 2.41. The molecule has 2 nitrogen and oxygen atoms in total. The molecule has 19 heavy (non-hydrogen) atoms. The van der Waals surface area contributed by atoms with Crippen LogP contribution in [-0.4, -0.2) is 11.5 Å². The maximum Gasteiger partial charge on any atom is 0.104 e. The van der Waals surface area contributed by atoms with Crippen molar-refractivity contribution in [3.05, 3.63) is 28.8 Å². The molecule has 2 saturated carbocycles. The minimum Gasteiger partial charge on any atom is -0.389 e. The fourth-order valence-corrected chi connectivity index (χ4v) is 3.18. The zero-order valence-electron chi connectivity index (χ0n) is 10.9. The van der Waals surface area contributed by atoms with Crippen molar-refractivity contribution in [1.29, 1.82) is 0 Å². The molecule has 2 fully saturated rings. The molecule has 0 heterocycles. The van der Waals surface area contributed by atoms with Crippen molar-refractivity contribution in [2.24, 2.45) is 23.5 Å². The maximum absolute atomic E-state index is 6.27. The van der Waals surface area contributed by atoms with E-state index in [9.17, 15) is 0 Å². The molecule has 0 aliphatic heterocycles. The van der Waals surface area contributed by atoms with Crippen molar-refractivity contribution in [2.75, 3.05) is 11.9 Å². The predicted octanol–water partition coefficient (Wildman–Crippen LogP) is 3.82. The SMILES string of the molecule is NC(=S)c1ccc(NCC(C2CC2)C2CC2)c(Cl)c1. The Balaban J connectivity index is 1.64. The number of nitrogens with two attached hydrogens (primary N) is 1. The summed E-state index contributed by atoms with van der Waals surface area (Å²) in [6.45, 7) is 1.04. The zero-order chi connectivity index (χ0) is 13.4. The minimum atomic E-state index is 0.391. The Bertz CT molecular complexity index is 483. The van der Waals surface area contributed by atoms with Crippen molar-refractivity contribution in [1.82, 2.24) is 0 Å². The van der Waals surface area contributed by atoms with Gasteiger partial charge in [0.05, 0.1) is 10.7 Å². The second-order valence-corrected chi connectivity index (χ2v) is 6.63. The van der Waals surface area contributed by atoms with Crippen LogP contribution >= 0.6 is 23.8 Å². The van der Waals surface area contributed by atoms with Gasteiger partial charge in [-0.2, -0.15) is 0 Å². The number of nitrogens with one attached hydrogen (secondary N) is 1. The Kier molecular flexibility index (Phi) is 3.68. The van der Waals surface area contributed by atoms with E-state index in [-0.39, 0.29) is 0 Å². The topological polar surface area (TPSA) is 38.0 Å². The van der Waals surface area contributed by atoms with E-state index in [1.807, 2.05) is 18.2 Å². The van der Waals surface area contributed by atoms with Crippen LogP contribution in [0.15, 0.2) is 18.2 Å². The monoisotopic (exact) mass is 294 g/mol. The maximum atomic E-state index is 6.27. The van der Waals surface area contributed by atoms with E-state index in [0.29, 0.717) is 10.0 Å². The Hall–Kier alpha value is -0.800. The molecule has 0 radical (unpaired) electrons. The number of hydrogen-bond donors (Lipinski definition) is 2. The van der Waals surface area contributed by atoms with E-state index in [1.165, 1.54) is 25.7 Å². The van der Waals surface area contributed by atoms with Crippen LogP contribution in [0.25, 0.3) is 0 Å². The normalized spacial score (nSPS) is 18.6. The molecule has 0 aromatic heterocycles. The highest BCUT2D eigenvalue weighted by atomic mass is 35.5. The molecule has 0 bridgehead atoms. The molecule has 2 aliphatic carbocycles. The number of rotatable bonds is 6. The first-order valence-electron chi connectivity index (χ1n) is 6.98. The van der Waals surface area contributed by atoms with Crippen molar-refractivity contribution < 1.29 is 0 Å². The Morgan fingerprint density at radius 1 is 1.32 bits per heavy atom. The Morgan fingerprint density at radius 2 is 1.95 bits per heavy atom. The average molecular weight is 295 g/mol. The van der Waals surface area contributed by atoms with E-state index in [4.69, 9.17) is 29.6 Å². The van der Waals surface area contributed by atoms with E-state index in [1.54, 1.807) is 0 Å². The third-order valence-corrected chi connectivity index (χ3v) is 4.79. The van der Waals surface area contributed by atoms with Gasteiger partial charge in [-0.05, 0) is 61.6 Å². The number of benzene rings is 1. The van der Waals surface area contributed by atoms with Gasteiger partial charge < -0.3 is 11.1 Å². The molecule has 1 aromatic rings. The number of halogens is 1. The third-order valence-electron chi connectivity index (χ3n) is 4.24. The molecule has 0 spiro atoms. The van der Waals surface area contributed by atoms with Crippen molar-refractivity contribution in [3.63, 3.8) is 0 Å². The minimum absolute atomic E-state index is 0.391. The van der Waals surface area contributed by atoms with Crippen LogP contribution in [0.2, 0.25) is 5.02 Å². The van der Waals surface area contributed by atoms with Crippen LogP contribution in [0, 0.1) is 17.8 Å². The molecule has 0 unspecified atom stereocenters. The van der Waals surface area contributed by atoms with Gasteiger partial charge in [-0.3, -0.25) is 0 Å². The summed E-state index contributed by atoms with van der Waals surface area (Å²) in [5.74, 6) is 2.75. The van der Waals surface area contributed by atoms with Crippen LogP contribution < -0.4 is 11.1 Å². The van der Waals surface area contributed by atoms with E-state index < -0.39 is 0 Å². The van der Waals surface area contributed by atoms with Gasteiger partial charge in [0, 0.05) is 12.1 Å². The summed E-state index contributed by atoms with van der Waals surface area (Å²) in [7, 11) is 0. The van der Waals surface area contributed by atoms with Crippen LogP contribution in [0.4, 0.5) is 5.69 Å². The highest BCUT2D eigenvalue weighted by molar-refractivity contribution is 7.80. The summed E-state index contributed by atoms with van der Waals surface area (Å²) in [4.78, 5) is 0.391. The molecule has 102 valence electrons. The molecular weight excluding hydrogens is 276 g/mol. The molecule has 1 aromatic carbocycles. The number of thiocarbonyl (C=S) groups is 1. The van der Waals surface area contributed by atoms with E-state index >= 15 is 0 Å². The van der Waals surface area contributed by atoms with Crippen LogP contribution in [0.1, 0.15) is 31.2 Å². The number of hydrogen-bond acceptors (Lipinski definition) is 2. The van der Waals surface area contributed by atoms with Gasteiger partial charge in [0.2, 0.25) is 0 Å². The average Bonchev–Trinajstić information content (AvgIpc) is 3.25. The highest BCUT2D eigenvalue weighted by Crippen LogP contribution is 2.49. The second-order valence-electron chi connectivity index (χ2n) is 5.78. The standard InChI is InChI=1S/C15H19ClN2S/c16-13-7-11(15(17)19)5-6-14(13)18-8-12(9-1-2-9)10-3-4-10/h5-7,9-10,12,18H,1-4,8H2,(H2,17,19). The van der Waals surface area contributed by atoms with Crippen molar-refractivity contribution >= 4 is 34.5 Å². The predicted molar refractivity (Wildman–Crippen MR) is 84.8 cm³/mol. The molecule has 2 aliphatic rings. The van der Waals surface area contributed by atoms with Gasteiger partial charge >= 0.3 is 0 Å². The molecule has 4 heteroatoms. The summed E-state index contributed by atoms with van der Waals surface area (Å²) >= 11 is 11.2. The van der Waals surface area contributed by atoms with E-state index in [0.717, 1.165) is 35.5 Å². The van der Waals surface area contributed by atoms with Gasteiger partial charge in [0.15, 0.2) is 0 Å². The molecule has 0 atom stereocenters. The van der Waals surface area contributed by atoms with Crippen molar-refractivity contribution in [3.8, 4) is 0 Å². The fraction of sp³-hybridized carbons (Fsp3) is 0.533. The lowest BCUT2D eigenvalue weighted by molar-refractivity contribution is 0.428. The lowest BCUT2D eigenvalue weighted by Gasteiger charge is -2.18. The fourth-order valence-electron chi connectivity index (χ4n) is 2.81. The first-order chi connectivity index (χ1) is 9.15. The smallest absolute Gasteiger partial charge is 0.104 e. The Labute approximate surface area is 124 Å². The Morgan fingerprint density at radius 3 is 2.42 bits per heavy atom. The summed E-state index contributed by atoms with van der Waals surface area (Å²) in [6, 6.07) is 5.75. The van der Waals surface area contributed by atoms with Gasteiger partial charge in [-0.15, -0.1) is 0 Å². The second kappa shape index (κ2) is 5.29. The lowest BCUT2D eigenvalue weighted by Crippen LogP contribution is -2.18. The van der Waals surface area contributed by atoms with Gasteiger partial charge in [0.1, 0.15) is 4.99 Å². The quantitative estimate of drug-likeness (QED) is 0.783. The molecule has 0 amide bonds. The van der Waals surface area contributed by atoms with Gasteiger partial charge in [-0.1, -0.05) is 23.8 Å². The summed E-state index contributed by atoms with van der Waals surface area (Å²) < 4.78 is 0. The first-order valence-corrected chi connectivity index (χ1v) is 7.77. The van der Waals surface area contributed by atoms with Gasteiger partial charge in [0.25, 0.3) is 0 Å². The van der Waals surface area contributed by atoms with Gasteiger partial charge in [-0.25, -0.2) is 0 Å². The van der Waals surface area contributed by atoms with Crippen LogP contribution in [-0.2, 0) is 0 Å². The molecular formula is C15H19ClN2S. The zero-order valence-corrected chi connectivity index (χ0v) is 12.4. The molecule has 3 N–H and O–H groups in total. The summed E-state index contributed by atoms with van der Waals surface area (Å²) in [5, 5.41) is 4.21. The first kappa shape index (κ1) is 13.2. The van der Waals surface area contributed by atoms with Crippen LogP contribution in [0.5, 0.6) is 0 Å². The molecule has 3 rings (SSSR count). The third kappa shape index (κ3) is 3.21. The number of anilines is 1. The van der Waals surface area contributed by atoms with E-state index in [2.05, 4.69) is 5.32 Å². The van der Waals surface area contributed by atoms with Crippen LogP contribution in [0.3, 0.4) is 0 Å². The lowest BCUT2D eigenvalue weighted by atomic mass is 9.98. The molecule has 0 saturated heterocycles. The largest absolute Gasteiger partial charge is 0.389 e. The summed E-state index contributed by atoms with van der Waals surface area (Å²) in [5.41, 5.74) is 7.42. The van der Waals surface area contributed by atoms with Crippen molar-refractivity contribution in [2.45, 2.75) is 25.7 Å².